The summed E-state index contributed by atoms with van der Waals surface area (Å²) in [5, 5.41) is 3.83. The van der Waals surface area contributed by atoms with Crippen LogP contribution in [0.15, 0.2) is 0 Å². The van der Waals surface area contributed by atoms with Crippen LogP contribution in [0.5, 0.6) is 0 Å². The molecule has 1 aliphatic rings. The summed E-state index contributed by atoms with van der Waals surface area (Å²) in [6, 6.07) is -0.387. The van der Waals surface area contributed by atoms with Crippen LogP contribution in [0.4, 0.5) is 4.79 Å². The molecular formula is C13H25I2N2O2-. The molecule has 1 fully saturated rings. The summed E-state index contributed by atoms with van der Waals surface area (Å²) >= 11 is 0. The number of nitrogens with one attached hydrogen (secondary N) is 1. The molecule has 3 N–H and O–H groups in total. The van der Waals surface area contributed by atoms with Crippen molar-refractivity contribution in [3.05, 3.63) is 0 Å². The smallest absolute Gasteiger partial charge is 0.420 e. The number of carbonyl (C=O) groups is 2. The van der Waals surface area contributed by atoms with Crippen molar-refractivity contribution in [2.45, 2.75) is 70.8 Å². The van der Waals surface area contributed by atoms with Crippen LogP contribution < -0.4 is 58.6 Å². The van der Waals surface area contributed by atoms with E-state index >= 15 is 0 Å². The van der Waals surface area contributed by atoms with Crippen molar-refractivity contribution in [3.8, 4) is 0 Å². The number of hydrogen-bond donors (Lipinski definition) is 2. The lowest BCUT2D eigenvalue weighted by atomic mass is 10.0. The molecule has 0 bridgehead atoms. The van der Waals surface area contributed by atoms with Gasteiger partial charge in [-0.3, -0.25) is 10.1 Å². The normalized spacial score (nSPS) is 17.6. The number of halogens is 2. The maximum atomic E-state index is 11.3. The summed E-state index contributed by atoms with van der Waals surface area (Å²) in [5.41, 5.74) is 0. The van der Waals surface area contributed by atoms with Gasteiger partial charge in [0.15, 0.2) is 6.04 Å². The van der Waals surface area contributed by atoms with E-state index in [1.54, 1.807) is 0 Å². The molecule has 0 saturated carbocycles. The van der Waals surface area contributed by atoms with Crippen LogP contribution >= 0.6 is 0 Å². The predicted molar refractivity (Wildman–Crippen MR) is 66.5 cm³/mol. The second kappa shape index (κ2) is 13.5. The number of nitrogens with two attached hydrogens (primary N) is 1. The number of quaternary nitrogens is 1. The summed E-state index contributed by atoms with van der Waals surface area (Å²) in [6.07, 6.45) is 10.9. The van der Waals surface area contributed by atoms with Gasteiger partial charge in [-0.2, -0.15) is 0 Å². The summed E-state index contributed by atoms with van der Waals surface area (Å²) < 4.78 is 0. The number of rotatable bonds is 9. The van der Waals surface area contributed by atoms with Gasteiger partial charge in [0.2, 0.25) is 0 Å². The van der Waals surface area contributed by atoms with Crippen molar-refractivity contribution >= 4 is 11.9 Å². The van der Waals surface area contributed by atoms with Crippen molar-refractivity contribution in [2.75, 3.05) is 0 Å². The van der Waals surface area contributed by atoms with E-state index in [0.29, 0.717) is 0 Å². The SMILES string of the molecule is CCCCCCCCCCC1[NH2+]C(=O)NC1=O.[I-].[I-]. The number of carbonyl (C=O) groups excluding carboxylic acids is 2. The van der Waals surface area contributed by atoms with Gasteiger partial charge in [-0.25, -0.2) is 10.1 Å². The molecule has 19 heavy (non-hydrogen) atoms. The van der Waals surface area contributed by atoms with Gasteiger partial charge in [0, 0.05) is 6.42 Å². The van der Waals surface area contributed by atoms with Gasteiger partial charge in [-0.15, -0.1) is 0 Å². The molecule has 0 aliphatic carbocycles. The highest BCUT2D eigenvalue weighted by Gasteiger charge is 2.33. The van der Waals surface area contributed by atoms with E-state index in [1.165, 1.54) is 50.3 Å². The third-order valence-corrected chi connectivity index (χ3v) is 3.30. The lowest BCUT2D eigenvalue weighted by Gasteiger charge is -2.03. The van der Waals surface area contributed by atoms with E-state index < -0.39 is 0 Å². The quantitative estimate of drug-likeness (QED) is 0.194. The Bertz CT molecular complexity index is 263. The van der Waals surface area contributed by atoms with Gasteiger partial charge >= 0.3 is 6.03 Å². The van der Waals surface area contributed by atoms with Gasteiger partial charge in [0.25, 0.3) is 5.91 Å². The third-order valence-electron chi connectivity index (χ3n) is 3.30. The summed E-state index contributed by atoms with van der Waals surface area (Å²) in [6.45, 7) is 2.23. The zero-order chi connectivity index (χ0) is 12.5. The molecule has 0 radical (unpaired) electrons. The average molecular weight is 495 g/mol. The fraction of sp³-hybridized carbons (Fsp3) is 0.846. The second-order valence-electron chi connectivity index (χ2n) is 4.89. The molecule has 1 unspecified atom stereocenters. The van der Waals surface area contributed by atoms with Crippen molar-refractivity contribution in [1.29, 1.82) is 0 Å². The van der Waals surface area contributed by atoms with Gasteiger partial charge < -0.3 is 48.0 Å². The summed E-state index contributed by atoms with van der Waals surface area (Å²) in [5.74, 6) is -0.113. The molecule has 1 saturated heterocycles. The zero-order valence-corrected chi connectivity index (χ0v) is 15.9. The summed E-state index contributed by atoms with van der Waals surface area (Å²) in [4.78, 5) is 22.2. The summed E-state index contributed by atoms with van der Waals surface area (Å²) in [7, 11) is 0. The molecular weight excluding hydrogens is 470 g/mol. The fourth-order valence-electron chi connectivity index (χ4n) is 2.23. The van der Waals surface area contributed by atoms with Crippen LogP contribution in [0.1, 0.15) is 64.7 Å². The molecule has 4 nitrogen and oxygen atoms in total. The van der Waals surface area contributed by atoms with Crippen LogP contribution in [0, 0.1) is 0 Å². The second-order valence-corrected chi connectivity index (χ2v) is 4.89. The first-order chi connectivity index (χ1) is 8.24. The monoisotopic (exact) mass is 495 g/mol. The fourth-order valence-corrected chi connectivity index (χ4v) is 2.23. The van der Waals surface area contributed by atoms with Crippen molar-refractivity contribution < 1.29 is 62.9 Å². The highest BCUT2D eigenvalue weighted by atomic mass is 127. The first-order valence-electron chi connectivity index (χ1n) is 6.93. The lowest BCUT2D eigenvalue weighted by Crippen LogP contribution is -3.00. The highest BCUT2D eigenvalue weighted by Crippen LogP contribution is 2.10. The average Bonchev–Trinajstić information content (AvgIpc) is 2.61. The lowest BCUT2D eigenvalue weighted by molar-refractivity contribution is -0.571. The van der Waals surface area contributed by atoms with Gasteiger partial charge in [0.05, 0.1) is 0 Å². The van der Waals surface area contributed by atoms with Crippen molar-refractivity contribution in [2.24, 2.45) is 0 Å². The maximum absolute atomic E-state index is 11.3. The van der Waals surface area contributed by atoms with Crippen LogP contribution in [0.3, 0.4) is 0 Å². The molecule has 0 spiro atoms. The Balaban J connectivity index is 0. The molecule has 3 amide bonds. The Morgan fingerprint density at radius 3 is 1.95 bits per heavy atom. The number of hydrogen-bond acceptors (Lipinski definition) is 2. The molecule has 0 aromatic rings. The Morgan fingerprint density at radius 2 is 1.47 bits per heavy atom. The van der Waals surface area contributed by atoms with E-state index in [0.717, 1.165) is 12.8 Å². The topological polar surface area (TPSA) is 62.8 Å². The predicted octanol–water partition coefficient (Wildman–Crippen LogP) is -4.29. The third kappa shape index (κ3) is 10.0. The Morgan fingerprint density at radius 1 is 0.947 bits per heavy atom. The molecule has 1 heterocycles. The van der Waals surface area contributed by atoms with E-state index in [4.69, 9.17) is 0 Å². The number of primary amides is 1. The molecule has 1 aliphatic heterocycles. The van der Waals surface area contributed by atoms with Crippen molar-refractivity contribution in [1.82, 2.24) is 5.32 Å². The Kier molecular flexibility index (Phi) is 15.6. The van der Waals surface area contributed by atoms with E-state index in [-0.39, 0.29) is 65.9 Å². The highest BCUT2D eigenvalue weighted by molar-refractivity contribution is 5.97. The van der Waals surface area contributed by atoms with E-state index in [9.17, 15) is 9.59 Å². The van der Waals surface area contributed by atoms with Crippen LogP contribution in [0.2, 0.25) is 0 Å². The molecule has 1 atom stereocenters. The van der Waals surface area contributed by atoms with Crippen LogP contribution in [-0.4, -0.2) is 18.0 Å². The minimum absolute atomic E-state index is 0. The standard InChI is InChI=1S/C13H24N2O2.2HI/c1-2-3-4-5-6-7-8-9-10-11-12(16)15-13(17)14-11;;/h11H,2-10H2,1H3,(H2,14,15,16,17);2*1H/p-1. The van der Waals surface area contributed by atoms with Crippen molar-refractivity contribution in [3.63, 3.8) is 0 Å². The number of imide groups is 1. The number of amides is 3. The molecule has 0 aromatic heterocycles. The van der Waals surface area contributed by atoms with Crippen LogP contribution in [-0.2, 0) is 4.79 Å². The number of unbranched alkanes of at least 4 members (excludes halogenated alkanes) is 7. The minimum Gasteiger partial charge on any atom is -1.00 e. The molecule has 114 valence electrons. The maximum Gasteiger partial charge on any atom is 0.420 e. The largest absolute Gasteiger partial charge is 1.00 e. The molecule has 6 heteroatoms. The number of urea groups is 1. The van der Waals surface area contributed by atoms with Gasteiger partial charge in [0.1, 0.15) is 0 Å². The Hall–Kier alpha value is 0.560. The first-order valence-corrected chi connectivity index (χ1v) is 6.93. The van der Waals surface area contributed by atoms with E-state index in [1.807, 2.05) is 0 Å². The molecule has 1 rings (SSSR count). The zero-order valence-electron chi connectivity index (χ0n) is 11.6. The van der Waals surface area contributed by atoms with Crippen LogP contribution in [0.25, 0.3) is 0 Å². The first kappa shape index (κ1) is 21.9. The van der Waals surface area contributed by atoms with Gasteiger partial charge in [-0.1, -0.05) is 51.9 Å². The van der Waals surface area contributed by atoms with E-state index in [2.05, 4.69) is 12.2 Å². The molecule has 0 aromatic carbocycles. The van der Waals surface area contributed by atoms with Gasteiger partial charge in [-0.05, 0) is 6.42 Å². The Labute approximate surface area is 150 Å². The minimum atomic E-state index is -0.223.